The van der Waals surface area contributed by atoms with Crippen molar-refractivity contribution in [2.45, 2.75) is 50.5 Å². The van der Waals surface area contributed by atoms with Crippen molar-refractivity contribution < 1.29 is 14.4 Å². The van der Waals surface area contributed by atoms with Crippen LogP contribution in [0.15, 0.2) is 24.3 Å². The van der Waals surface area contributed by atoms with Crippen molar-refractivity contribution in [1.82, 2.24) is 10.6 Å². The van der Waals surface area contributed by atoms with Crippen molar-refractivity contribution in [3.63, 3.8) is 0 Å². The lowest BCUT2D eigenvalue weighted by atomic mass is 9.69. The van der Waals surface area contributed by atoms with Gasteiger partial charge in [-0.15, -0.1) is 0 Å². The van der Waals surface area contributed by atoms with Crippen molar-refractivity contribution in [1.29, 1.82) is 0 Å². The molecule has 136 valence electrons. The van der Waals surface area contributed by atoms with Gasteiger partial charge in [-0.1, -0.05) is 49.1 Å². The molecule has 4 amide bonds. The normalized spacial score (nSPS) is 16.2. The zero-order valence-corrected chi connectivity index (χ0v) is 14.5. The number of amides is 4. The van der Waals surface area contributed by atoms with E-state index in [2.05, 4.69) is 22.8 Å². The van der Waals surface area contributed by atoms with Gasteiger partial charge in [0.25, 0.3) is 0 Å². The van der Waals surface area contributed by atoms with E-state index >= 15 is 0 Å². The summed E-state index contributed by atoms with van der Waals surface area (Å²) in [5, 5.41) is 5.02. The van der Waals surface area contributed by atoms with Crippen LogP contribution >= 0.6 is 0 Å². The molecule has 0 aliphatic heterocycles. The van der Waals surface area contributed by atoms with Crippen LogP contribution in [0, 0.1) is 6.92 Å². The van der Waals surface area contributed by atoms with Gasteiger partial charge in [0.2, 0.25) is 11.8 Å². The minimum atomic E-state index is -1.51. The number of rotatable bonds is 6. The summed E-state index contributed by atoms with van der Waals surface area (Å²) in [5.41, 5.74) is 12.4. The highest BCUT2D eigenvalue weighted by molar-refractivity contribution is 6.05. The molecule has 1 saturated carbocycles. The number of carbonyl (C=O) groups is 3. The van der Waals surface area contributed by atoms with E-state index < -0.39 is 23.9 Å². The van der Waals surface area contributed by atoms with Crippen molar-refractivity contribution in [3.05, 3.63) is 35.4 Å². The second kappa shape index (κ2) is 8.00. The molecule has 0 atom stereocenters. The van der Waals surface area contributed by atoms with Crippen LogP contribution in [-0.4, -0.2) is 30.4 Å². The van der Waals surface area contributed by atoms with Gasteiger partial charge in [0.15, 0.2) is 6.04 Å². The zero-order chi connectivity index (χ0) is 18.4. The standard InChI is InChI=1S/C18H26N4O3/c1-12-6-5-7-13(10-12)18(8-3-2-4-9-18)11-21-17(25)22-14(15(19)23)16(20)24/h5-7,10,14H,2-4,8-9,11H2,1H3,(H2,19,23)(H2,20,24)(H2,21,22,25). The van der Waals surface area contributed by atoms with Crippen LogP contribution in [0.4, 0.5) is 4.79 Å². The molecule has 0 saturated heterocycles. The smallest absolute Gasteiger partial charge is 0.315 e. The molecule has 0 bridgehead atoms. The van der Waals surface area contributed by atoms with E-state index in [1.165, 1.54) is 17.5 Å². The predicted molar refractivity (Wildman–Crippen MR) is 94.7 cm³/mol. The third kappa shape index (κ3) is 4.71. The van der Waals surface area contributed by atoms with Gasteiger partial charge in [-0.05, 0) is 25.3 Å². The summed E-state index contributed by atoms with van der Waals surface area (Å²) in [4.78, 5) is 34.5. The molecule has 1 aromatic carbocycles. The van der Waals surface area contributed by atoms with Gasteiger partial charge in [0.05, 0.1) is 0 Å². The summed E-state index contributed by atoms with van der Waals surface area (Å²) in [5.74, 6) is -1.96. The number of nitrogens with two attached hydrogens (primary N) is 2. The van der Waals surface area contributed by atoms with Crippen LogP contribution < -0.4 is 22.1 Å². The van der Waals surface area contributed by atoms with Gasteiger partial charge in [-0.25, -0.2) is 4.79 Å². The fraction of sp³-hybridized carbons (Fsp3) is 0.500. The number of hydrogen-bond acceptors (Lipinski definition) is 3. The maximum Gasteiger partial charge on any atom is 0.315 e. The van der Waals surface area contributed by atoms with E-state index in [9.17, 15) is 14.4 Å². The van der Waals surface area contributed by atoms with Gasteiger partial charge < -0.3 is 22.1 Å². The quantitative estimate of drug-likeness (QED) is 0.570. The monoisotopic (exact) mass is 346 g/mol. The molecule has 1 fully saturated rings. The summed E-state index contributed by atoms with van der Waals surface area (Å²) in [6.45, 7) is 2.47. The van der Waals surface area contributed by atoms with Crippen LogP contribution in [-0.2, 0) is 15.0 Å². The van der Waals surface area contributed by atoms with Crippen molar-refractivity contribution in [2.75, 3.05) is 6.54 Å². The molecule has 1 aliphatic carbocycles. The third-order valence-corrected chi connectivity index (χ3v) is 4.87. The Morgan fingerprint density at radius 1 is 1.12 bits per heavy atom. The molecule has 0 aromatic heterocycles. The van der Waals surface area contributed by atoms with E-state index in [-0.39, 0.29) is 5.41 Å². The van der Waals surface area contributed by atoms with Crippen LogP contribution in [0.2, 0.25) is 0 Å². The molecule has 0 unspecified atom stereocenters. The Kier molecular flexibility index (Phi) is 6.01. The van der Waals surface area contributed by atoms with Gasteiger partial charge in [0.1, 0.15) is 0 Å². The highest BCUT2D eigenvalue weighted by atomic mass is 16.2. The van der Waals surface area contributed by atoms with Crippen LogP contribution in [0.3, 0.4) is 0 Å². The van der Waals surface area contributed by atoms with Crippen LogP contribution in [0.1, 0.15) is 43.2 Å². The molecular formula is C18H26N4O3. The van der Waals surface area contributed by atoms with E-state index in [0.717, 1.165) is 25.7 Å². The maximum absolute atomic E-state index is 12.1. The second-order valence-electron chi connectivity index (χ2n) is 6.78. The van der Waals surface area contributed by atoms with Crippen LogP contribution in [0.5, 0.6) is 0 Å². The first kappa shape index (κ1) is 18.8. The lowest BCUT2D eigenvalue weighted by Crippen LogP contribution is -2.56. The van der Waals surface area contributed by atoms with E-state index in [1.54, 1.807) is 0 Å². The van der Waals surface area contributed by atoms with Crippen molar-refractivity contribution in [2.24, 2.45) is 11.5 Å². The van der Waals surface area contributed by atoms with Crippen LogP contribution in [0.25, 0.3) is 0 Å². The topological polar surface area (TPSA) is 127 Å². The van der Waals surface area contributed by atoms with Gasteiger partial charge in [-0.3, -0.25) is 9.59 Å². The first-order valence-corrected chi connectivity index (χ1v) is 8.54. The molecule has 2 rings (SSSR count). The third-order valence-electron chi connectivity index (χ3n) is 4.87. The number of aryl methyl sites for hydroxylation is 1. The minimum Gasteiger partial charge on any atom is -0.367 e. The molecule has 1 aliphatic rings. The SMILES string of the molecule is Cc1cccc(C2(CNC(=O)NC(C(N)=O)C(N)=O)CCCCC2)c1. The Hall–Kier alpha value is -2.57. The fourth-order valence-corrected chi connectivity index (χ4v) is 3.49. The molecule has 7 heteroatoms. The Morgan fingerprint density at radius 2 is 1.76 bits per heavy atom. The minimum absolute atomic E-state index is 0.142. The Bertz CT molecular complexity index is 639. The molecule has 0 radical (unpaired) electrons. The summed E-state index contributed by atoms with van der Waals surface area (Å²) < 4.78 is 0. The number of benzene rings is 1. The first-order chi connectivity index (χ1) is 11.8. The molecule has 25 heavy (non-hydrogen) atoms. The van der Waals surface area contributed by atoms with E-state index in [1.807, 2.05) is 19.1 Å². The van der Waals surface area contributed by atoms with E-state index in [0.29, 0.717) is 6.54 Å². The van der Waals surface area contributed by atoms with Crippen molar-refractivity contribution in [3.8, 4) is 0 Å². The second-order valence-corrected chi connectivity index (χ2v) is 6.78. The Morgan fingerprint density at radius 3 is 2.32 bits per heavy atom. The number of primary amides is 2. The van der Waals surface area contributed by atoms with E-state index in [4.69, 9.17) is 11.5 Å². The fourth-order valence-electron chi connectivity index (χ4n) is 3.49. The number of hydrogen-bond donors (Lipinski definition) is 4. The van der Waals surface area contributed by atoms with Crippen molar-refractivity contribution >= 4 is 17.8 Å². The lowest BCUT2D eigenvalue weighted by molar-refractivity contribution is -0.128. The lowest BCUT2D eigenvalue weighted by Gasteiger charge is -2.38. The highest BCUT2D eigenvalue weighted by Crippen LogP contribution is 2.39. The zero-order valence-electron chi connectivity index (χ0n) is 14.5. The molecule has 1 aromatic rings. The molecule has 0 heterocycles. The van der Waals surface area contributed by atoms with Gasteiger partial charge >= 0.3 is 6.03 Å². The average molecular weight is 346 g/mol. The molecule has 0 spiro atoms. The largest absolute Gasteiger partial charge is 0.367 e. The molecule has 7 nitrogen and oxygen atoms in total. The summed E-state index contributed by atoms with van der Waals surface area (Å²) in [7, 11) is 0. The number of carbonyl (C=O) groups excluding carboxylic acids is 3. The predicted octanol–water partition coefficient (Wildman–Crippen LogP) is 0.835. The summed E-state index contributed by atoms with van der Waals surface area (Å²) in [6, 6.07) is 6.18. The molecule has 6 N–H and O–H groups in total. The number of nitrogens with one attached hydrogen (secondary N) is 2. The highest BCUT2D eigenvalue weighted by Gasteiger charge is 2.34. The summed E-state index contributed by atoms with van der Waals surface area (Å²) >= 11 is 0. The Balaban J connectivity index is 2.09. The number of urea groups is 1. The average Bonchev–Trinajstić information content (AvgIpc) is 2.58. The Labute approximate surface area is 147 Å². The maximum atomic E-state index is 12.1. The summed E-state index contributed by atoms with van der Waals surface area (Å²) in [6.07, 6.45) is 5.34. The molecular weight excluding hydrogens is 320 g/mol. The van der Waals surface area contributed by atoms with Gasteiger partial charge in [-0.2, -0.15) is 0 Å². The first-order valence-electron chi connectivity index (χ1n) is 8.54. The van der Waals surface area contributed by atoms with Gasteiger partial charge in [0, 0.05) is 12.0 Å².